The van der Waals surface area contributed by atoms with Crippen LogP contribution in [-0.4, -0.2) is 65.4 Å². The lowest BCUT2D eigenvalue weighted by molar-refractivity contribution is -0.136. The van der Waals surface area contributed by atoms with Crippen LogP contribution in [0.1, 0.15) is 23.5 Å². The third kappa shape index (κ3) is 2.78. The minimum Gasteiger partial charge on any atom is -0.350 e. The Morgan fingerprint density at radius 2 is 1.93 bits per heavy atom. The molecule has 3 heterocycles. The van der Waals surface area contributed by atoms with Gasteiger partial charge in [-0.05, 0) is 43.0 Å². The molecule has 5 rings (SSSR count). The van der Waals surface area contributed by atoms with Gasteiger partial charge in [-0.25, -0.2) is 0 Å². The van der Waals surface area contributed by atoms with E-state index in [4.69, 9.17) is 0 Å². The number of rotatable bonds is 2. The number of benzene rings is 1. The Morgan fingerprint density at radius 3 is 2.70 bits per heavy atom. The van der Waals surface area contributed by atoms with Crippen molar-refractivity contribution in [1.82, 2.24) is 19.7 Å². The summed E-state index contributed by atoms with van der Waals surface area (Å²) in [5, 5.41) is 3.84. The molecule has 2 saturated heterocycles. The summed E-state index contributed by atoms with van der Waals surface area (Å²) in [6, 6.07) is 7.23. The molecule has 0 saturated carbocycles. The number of hydrogen-bond donors (Lipinski definition) is 1. The predicted octanol–water partition coefficient (Wildman–Crippen LogP) is 1.10. The summed E-state index contributed by atoms with van der Waals surface area (Å²) in [7, 11) is 4.36. The van der Waals surface area contributed by atoms with Crippen LogP contribution >= 0.6 is 0 Å². The van der Waals surface area contributed by atoms with E-state index in [2.05, 4.69) is 53.3 Å². The molecule has 0 bridgehead atoms. The van der Waals surface area contributed by atoms with E-state index < -0.39 is 0 Å². The first-order valence-corrected chi connectivity index (χ1v) is 9.81. The van der Waals surface area contributed by atoms with Crippen molar-refractivity contribution < 1.29 is 9.59 Å². The average molecular weight is 366 g/mol. The Kier molecular flexibility index (Phi) is 3.88. The molecule has 1 aliphatic carbocycles. The molecule has 6 nitrogen and oxygen atoms in total. The number of aryl methyl sites for hydroxylation is 1. The van der Waals surface area contributed by atoms with Crippen LogP contribution in [0.5, 0.6) is 0 Å². The van der Waals surface area contributed by atoms with E-state index in [1.807, 2.05) is 4.90 Å². The summed E-state index contributed by atoms with van der Waals surface area (Å²) < 4.78 is 2.25. The van der Waals surface area contributed by atoms with Crippen LogP contribution in [0.25, 0.3) is 10.9 Å². The molecule has 2 aromatic rings. The van der Waals surface area contributed by atoms with Crippen molar-refractivity contribution in [2.24, 2.45) is 13.0 Å². The second-order valence-electron chi connectivity index (χ2n) is 8.57. The Hall–Kier alpha value is -2.18. The number of fused-ring (bicyclic) bond motifs is 2. The first kappa shape index (κ1) is 17.0. The number of nitrogens with zero attached hydrogens (tertiary/aromatic N) is 3. The molecular formula is C21H26N4O2. The van der Waals surface area contributed by atoms with Gasteiger partial charge in [-0.3, -0.25) is 19.8 Å². The van der Waals surface area contributed by atoms with E-state index in [1.54, 1.807) is 0 Å². The van der Waals surface area contributed by atoms with E-state index >= 15 is 0 Å². The Morgan fingerprint density at radius 1 is 1.15 bits per heavy atom. The summed E-state index contributed by atoms with van der Waals surface area (Å²) in [6.45, 7) is 2.49. The standard InChI is InChI=1S/C21H26N4O2/c1-23-8-13(9-25-11-19(26)22-20(27)12-25)6-16-15-4-3-5-17-21(15)14(7-18(16)23)10-24(17)2/h3-5,10,13,16,18H,6-9,11-12H2,1-2H3,(H,22,26,27)/t13-,16?,18-/m1/s1. The van der Waals surface area contributed by atoms with Gasteiger partial charge in [-0.2, -0.15) is 0 Å². The van der Waals surface area contributed by atoms with Crippen molar-refractivity contribution in [3.8, 4) is 0 Å². The molecule has 0 spiro atoms. The van der Waals surface area contributed by atoms with Crippen LogP contribution in [0.4, 0.5) is 0 Å². The minimum atomic E-state index is -0.176. The summed E-state index contributed by atoms with van der Waals surface area (Å²) in [5.41, 5.74) is 4.26. The van der Waals surface area contributed by atoms with E-state index in [-0.39, 0.29) is 11.8 Å². The molecule has 1 aromatic carbocycles. The summed E-state index contributed by atoms with van der Waals surface area (Å²) in [5.74, 6) is 0.631. The number of amides is 2. The number of imide groups is 1. The molecule has 0 radical (unpaired) electrons. The molecule has 6 heteroatoms. The summed E-state index contributed by atoms with van der Waals surface area (Å²) in [6.07, 6.45) is 4.52. The third-order valence-corrected chi connectivity index (χ3v) is 6.65. The van der Waals surface area contributed by atoms with Gasteiger partial charge in [0.2, 0.25) is 11.8 Å². The van der Waals surface area contributed by atoms with Gasteiger partial charge in [0.25, 0.3) is 0 Å². The van der Waals surface area contributed by atoms with E-state index in [9.17, 15) is 9.59 Å². The average Bonchev–Trinajstić information content (AvgIpc) is 2.92. The first-order chi connectivity index (χ1) is 13.0. The van der Waals surface area contributed by atoms with Gasteiger partial charge >= 0.3 is 0 Å². The Balaban J connectivity index is 1.43. The van der Waals surface area contributed by atoms with Crippen LogP contribution in [0, 0.1) is 5.92 Å². The number of likely N-dealkylation sites (N-methyl/N-ethyl adjacent to an activating group) is 1. The second kappa shape index (κ2) is 6.17. The zero-order valence-electron chi connectivity index (χ0n) is 15.9. The van der Waals surface area contributed by atoms with Gasteiger partial charge in [0.05, 0.1) is 13.1 Å². The number of carbonyl (C=O) groups is 2. The van der Waals surface area contributed by atoms with E-state index in [0.29, 0.717) is 31.0 Å². The lowest BCUT2D eigenvalue weighted by Gasteiger charge is -2.46. The molecule has 2 fully saturated rings. The lowest BCUT2D eigenvalue weighted by Crippen LogP contribution is -2.55. The molecule has 3 atom stereocenters. The van der Waals surface area contributed by atoms with Crippen molar-refractivity contribution in [3.05, 3.63) is 35.5 Å². The summed E-state index contributed by atoms with van der Waals surface area (Å²) >= 11 is 0. The predicted molar refractivity (Wildman–Crippen MR) is 103 cm³/mol. The molecule has 1 N–H and O–H groups in total. The number of piperidine rings is 1. The highest BCUT2D eigenvalue weighted by molar-refractivity contribution is 5.99. The maximum Gasteiger partial charge on any atom is 0.240 e. The Labute approximate surface area is 159 Å². The number of likely N-dealkylation sites (tertiary alicyclic amines) is 1. The molecule has 142 valence electrons. The summed E-state index contributed by atoms with van der Waals surface area (Å²) in [4.78, 5) is 27.9. The van der Waals surface area contributed by atoms with Gasteiger partial charge in [-0.1, -0.05) is 12.1 Å². The van der Waals surface area contributed by atoms with Crippen LogP contribution in [-0.2, 0) is 23.1 Å². The number of nitrogens with one attached hydrogen (secondary N) is 1. The smallest absolute Gasteiger partial charge is 0.240 e. The van der Waals surface area contributed by atoms with Crippen molar-refractivity contribution >= 4 is 22.7 Å². The molecule has 1 unspecified atom stereocenters. The number of aromatic nitrogens is 1. The minimum absolute atomic E-state index is 0.176. The highest BCUT2D eigenvalue weighted by Crippen LogP contribution is 2.44. The van der Waals surface area contributed by atoms with Crippen LogP contribution in [0.15, 0.2) is 24.4 Å². The molecule has 27 heavy (non-hydrogen) atoms. The second-order valence-corrected chi connectivity index (χ2v) is 8.57. The zero-order chi connectivity index (χ0) is 18.7. The highest BCUT2D eigenvalue weighted by Gasteiger charge is 2.40. The fraction of sp³-hybridized carbons (Fsp3) is 0.524. The number of piperazine rings is 1. The molecule has 3 aliphatic rings. The maximum atomic E-state index is 11.7. The normalized spacial score (nSPS) is 29.0. The fourth-order valence-corrected chi connectivity index (χ4v) is 5.65. The van der Waals surface area contributed by atoms with Crippen LogP contribution in [0.3, 0.4) is 0 Å². The van der Waals surface area contributed by atoms with E-state index in [0.717, 1.165) is 25.9 Å². The van der Waals surface area contributed by atoms with Gasteiger partial charge in [0.1, 0.15) is 0 Å². The molecule has 2 amide bonds. The molecular weight excluding hydrogens is 340 g/mol. The largest absolute Gasteiger partial charge is 0.350 e. The Bertz CT molecular complexity index is 918. The van der Waals surface area contributed by atoms with Crippen LogP contribution < -0.4 is 5.32 Å². The van der Waals surface area contributed by atoms with Crippen molar-refractivity contribution in [1.29, 1.82) is 0 Å². The van der Waals surface area contributed by atoms with E-state index in [1.165, 1.54) is 22.0 Å². The quantitative estimate of drug-likeness (QED) is 0.809. The van der Waals surface area contributed by atoms with Gasteiger partial charge < -0.3 is 9.47 Å². The third-order valence-electron chi connectivity index (χ3n) is 6.65. The molecule has 2 aliphatic heterocycles. The zero-order valence-corrected chi connectivity index (χ0v) is 15.9. The van der Waals surface area contributed by atoms with Gasteiger partial charge in [0, 0.05) is 49.2 Å². The molecule has 1 aromatic heterocycles. The van der Waals surface area contributed by atoms with Crippen molar-refractivity contribution in [3.63, 3.8) is 0 Å². The topological polar surface area (TPSA) is 57.6 Å². The number of hydrogen-bond acceptors (Lipinski definition) is 4. The SMILES string of the molecule is CN1C[C@H](CN2CC(=O)NC(=O)C2)CC2c3cccc4c3c(cn4C)C[C@H]21. The fourth-order valence-electron chi connectivity index (χ4n) is 5.65. The van der Waals surface area contributed by atoms with Crippen LogP contribution in [0.2, 0.25) is 0 Å². The van der Waals surface area contributed by atoms with Crippen molar-refractivity contribution in [2.45, 2.75) is 24.8 Å². The number of carbonyl (C=O) groups excluding carboxylic acids is 2. The first-order valence-electron chi connectivity index (χ1n) is 9.81. The monoisotopic (exact) mass is 366 g/mol. The van der Waals surface area contributed by atoms with Crippen molar-refractivity contribution in [2.75, 3.05) is 33.2 Å². The highest BCUT2D eigenvalue weighted by atomic mass is 16.2. The van der Waals surface area contributed by atoms with Gasteiger partial charge in [0.15, 0.2) is 0 Å². The lowest BCUT2D eigenvalue weighted by atomic mass is 9.72. The maximum absolute atomic E-state index is 11.7. The van der Waals surface area contributed by atoms with Gasteiger partial charge in [-0.15, -0.1) is 0 Å².